The Morgan fingerprint density at radius 1 is 1.17 bits per heavy atom. The molecule has 3 rings (SSSR count). The van der Waals surface area contributed by atoms with E-state index in [1.165, 1.54) is 22.3 Å². The lowest BCUT2D eigenvalue weighted by molar-refractivity contribution is -0.158. The van der Waals surface area contributed by atoms with E-state index < -0.39 is 11.5 Å². The summed E-state index contributed by atoms with van der Waals surface area (Å²) in [7, 11) is 0. The van der Waals surface area contributed by atoms with Crippen LogP contribution in [0.3, 0.4) is 0 Å². The van der Waals surface area contributed by atoms with E-state index >= 15 is 0 Å². The second-order valence-corrected chi connectivity index (χ2v) is 6.57. The summed E-state index contributed by atoms with van der Waals surface area (Å²) in [5.41, 5.74) is 4.51. The number of hydrogen-bond donors (Lipinski definition) is 1. The van der Waals surface area contributed by atoms with Gasteiger partial charge in [0.05, 0.1) is 12.5 Å². The van der Waals surface area contributed by atoms with E-state index in [0.717, 1.165) is 12.0 Å². The molecule has 0 aromatic heterocycles. The van der Waals surface area contributed by atoms with Crippen molar-refractivity contribution >= 4 is 5.97 Å². The summed E-state index contributed by atoms with van der Waals surface area (Å²) in [4.78, 5) is 12.2. The molecular formula is C21H24O3. The number of hydrogen-bond acceptors (Lipinski definition) is 3. The Labute approximate surface area is 143 Å². The third kappa shape index (κ3) is 2.73. The first-order valence-electron chi connectivity index (χ1n) is 8.59. The molecule has 1 N–H and O–H groups in total. The van der Waals surface area contributed by atoms with Crippen LogP contribution in [0.25, 0.3) is 11.1 Å². The molecule has 0 radical (unpaired) electrons. The van der Waals surface area contributed by atoms with Crippen LogP contribution in [0.4, 0.5) is 0 Å². The first-order chi connectivity index (χ1) is 11.5. The third-order valence-electron chi connectivity index (χ3n) is 5.04. The number of benzene rings is 2. The predicted octanol–water partition coefficient (Wildman–Crippen LogP) is 4.05. The molecule has 0 unspecified atom stereocenters. The topological polar surface area (TPSA) is 46.5 Å². The summed E-state index contributed by atoms with van der Waals surface area (Å²) in [6.07, 6.45) is 1.40. The highest BCUT2D eigenvalue weighted by Crippen LogP contribution is 2.40. The molecule has 3 nitrogen and oxygen atoms in total. The fourth-order valence-corrected chi connectivity index (χ4v) is 3.70. The van der Waals surface area contributed by atoms with Crippen LogP contribution in [0.5, 0.6) is 0 Å². The second kappa shape index (κ2) is 6.40. The van der Waals surface area contributed by atoms with Gasteiger partial charge in [-0.1, -0.05) is 49.4 Å². The fourth-order valence-electron chi connectivity index (χ4n) is 3.70. The number of ether oxygens (including phenoxy) is 1. The molecule has 1 aliphatic rings. The molecule has 2 atom stereocenters. The Bertz CT molecular complexity index is 761. The van der Waals surface area contributed by atoms with Crippen molar-refractivity contribution < 1.29 is 14.6 Å². The smallest absolute Gasteiger partial charge is 0.312 e. The average molecular weight is 324 g/mol. The zero-order valence-electron chi connectivity index (χ0n) is 14.5. The normalized spacial score (nSPS) is 16.0. The van der Waals surface area contributed by atoms with Crippen LogP contribution in [-0.4, -0.2) is 17.7 Å². The monoisotopic (exact) mass is 324 g/mol. The van der Waals surface area contributed by atoms with Gasteiger partial charge in [-0.25, -0.2) is 0 Å². The van der Waals surface area contributed by atoms with Gasteiger partial charge in [0.25, 0.3) is 0 Å². The minimum atomic E-state index is -1.25. The number of rotatable bonds is 5. The van der Waals surface area contributed by atoms with Crippen LogP contribution in [0.1, 0.15) is 43.9 Å². The summed E-state index contributed by atoms with van der Waals surface area (Å²) >= 11 is 0. The standard InChI is InChI=1S/C21H24O3/c1-4-19(20(22)24-5-2)21(3,23)16-10-11-18-15(13-16)12-14-8-6-7-9-17(14)18/h6-11,13,19,23H,4-5,12H2,1-3H3/t19-,21+/m0/s1. The lowest BCUT2D eigenvalue weighted by Gasteiger charge is -2.31. The summed E-state index contributed by atoms with van der Waals surface area (Å²) in [6.45, 7) is 5.72. The molecule has 126 valence electrons. The van der Waals surface area contributed by atoms with Gasteiger partial charge < -0.3 is 9.84 Å². The number of carbonyl (C=O) groups is 1. The van der Waals surface area contributed by atoms with Crippen LogP contribution in [0.2, 0.25) is 0 Å². The number of carbonyl (C=O) groups excluding carboxylic acids is 1. The summed E-state index contributed by atoms with van der Waals surface area (Å²) in [5, 5.41) is 11.1. The molecule has 0 saturated heterocycles. The van der Waals surface area contributed by atoms with Crippen molar-refractivity contribution in [1.82, 2.24) is 0 Å². The van der Waals surface area contributed by atoms with Gasteiger partial charge in [-0.2, -0.15) is 0 Å². The zero-order chi connectivity index (χ0) is 17.3. The van der Waals surface area contributed by atoms with Crippen LogP contribution in [-0.2, 0) is 21.6 Å². The molecule has 0 bridgehead atoms. The predicted molar refractivity (Wildman–Crippen MR) is 94.7 cm³/mol. The molecule has 0 saturated carbocycles. The summed E-state index contributed by atoms with van der Waals surface area (Å²) in [5.74, 6) is -0.909. The zero-order valence-corrected chi connectivity index (χ0v) is 14.5. The van der Waals surface area contributed by atoms with Crippen molar-refractivity contribution in [2.75, 3.05) is 6.61 Å². The number of fused-ring (bicyclic) bond motifs is 3. The van der Waals surface area contributed by atoms with Gasteiger partial charge in [-0.05, 0) is 54.5 Å². The molecule has 0 heterocycles. The SMILES string of the molecule is CCOC(=O)[C@H](CC)[C@](C)(O)c1ccc2c(c1)Cc1ccccc1-2. The molecule has 0 spiro atoms. The quantitative estimate of drug-likeness (QED) is 0.720. The van der Waals surface area contributed by atoms with Gasteiger partial charge in [0.1, 0.15) is 5.60 Å². The van der Waals surface area contributed by atoms with Crippen molar-refractivity contribution in [2.45, 2.75) is 39.2 Å². The van der Waals surface area contributed by atoms with Gasteiger partial charge in [0, 0.05) is 0 Å². The van der Waals surface area contributed by atoms with E-state index in [2.05, 4.69) is 24.3 Å². The molecular weight excluding hydrogens is 300 g/mol. The van der Waals surface area contributed by atoms with Crippen LogP contribution in [0, 0.1) is 5.92 Å². The largest absolute Gasteiger partial charge is 0.466 e. The van der Waals surface area contributed by atoms with E-state index in [0.29, 0.717) is 13.0 Å². The summed E-state index contributed by atoms with van der Waals surface area (Å²) in [6, 6.07) is 14.4. The second-order valence-electron chi connectivity index (χ2n) is 6.57. The van der Waals surface area contributed by atoms with Gasteiger partial charge >= 0.3 is 5.97 Å². The maximum Gasteiger partial charge on any atom is 0.312 e. The Kier molecular flexibility index (Phi) is 4.46. The minimum Gasteiger partial charge on any atom is -0.466 e. The van der Waals surface area contributed by atoms with E-state index in [-0.39, 0.29) is 5.97 Å². The average Bonchev–Trinajstić information content (AvgIpc) is 2.93. The molecule has 24 heavy (non-hydrogen) atoms. The van der Waals surface area contributed by atoms with Crippen molar-refractivity contribution in [3.63, 3.8) is 0 Å². The third-order valence-corrected chi connectivity index (χ3v) is 5.04. The highest BCUT2D eigenvalue weighted by Gasteiger charge is 2.39. The minimum absolute atomic E-state index is 0.324. The van der Waals surface area contributed by atoms with E-state index in [4.69, 9.17) is 4.74 Å². The Hall–Kier alpha value is -2.13. The molecule has 3 heteroatoms. The van der Waals surface area contributed by atoms with E-state index in [1.807, 2.05) is 25.1 Å². The van der Waals surface area contributed by atoms with Crippen LogP contribution < -0.4 is 0 Å². The fraction of sp³-hybridized carbons (Fsp3) is 0.381. The maximum atomic E-state index is 12.2. The van der Waals surface area contributed by atoms with Crippen molar-refractivity contribution in [1.29, 1.82) is 0 Å². The van der Waals surface area contributed by atoms with Crippen molar-refractivity contribution in [2.24, 2.45) is 5.92 Å². The van der Waals surface area contributed by atoms with E-state index in [9.17, 15) is 9.90 Å². The van der Waals surface area contributed by atoms with Gasteiger partial charge in [0.15, 0.2) is 0 Å². The first kappa shape index (κ1) is 16.7. The molecule has 1 aliphatic carbocycles. The first-order valence-corrected chi connectivity index (χ1v) is 8.59. The molecule has 0 amide bonds. The van der Waals surface area contributed by atoms with Gasteiger partial charge in [0.2, 0.25) is 0 Å². The molecule has 2 aromatic rings. The van der Waals surface area contributed by atoms with Gasteiger partial charge in [-0.3, -0.25) is 4.79 Å². The van der Waals surface area contributed by atoms with Crippen molar-refractivity contribution in [3.8, 4) is 11.1 Å². The number of aliphatic hydroxyl groups is 1. The lowest BCUT2D eigenvalue weighted by Crippen LogP contribution is -2.38. The highest BCUT2D eigenvalue weighted by atomic mass is 16.5. The van der Waals surface area contributed by atoms with Crippen LogP contribution in [0.15, 0.2) is 42.5 Å². The van der Waals surface area contributed by atoms with Crippen molar-refractivity contribution in [3.05, 3.63) is 59.2 Å². The Morgan fingerprint density at radius 2 is 1.88 bits per heavy atom. The molecule has 0 aliphatic heterocycles. The number of esters is 1. The summed E-state index contributed by atoms with van der Waals surface area (Å²) < 4.78 is 5.15. The Balaban J connectivity index is 1.96. The van der Waals surface area contributed by atoms with Gasteiger partial charge in [-0.15, -0.1) is 0 Å². The highest BCUT2D eigenvalue weighted by molar-refractivity contribution is 5.78. The Morgan fingerprint density at radius 3 is 2.58 bits per heavy atom. The van der Waals surface area contributed by atoms with Crippen LogP contribution >= 0.6 is 0 Å². The maximum absolute atomic E-state index is 12.2. The lowest BCUT2D eigenvalue weighted by atomic mass is 9.80. The van der Waals surface area contributed by atoms with E-state index in [1.54, 1.807) is 13.8 Å². The molecule has 0 fully saturated rings. The molecule has 2 aromatic carbocycles.